The van der Waals surface area contributed by atoms with Crippen LogP contribution in [0.4, 0.5) is 5.69 Å². The lowest BCUT2D eigenvalue weighted by Gasteiger charge is -2.08. The van der Waals surface area contributed by atoms with Crippen LogP contribution in [0.15, 0.2) is 50.4 Å². The van der Waals surface area contributed by atoms with Crippen molar-refractivity contribution in [3.05, 3.63) is 56.5 Å². The average Bonchev–Trinajstić information content (AvgIpc) is 2.53. The van der Waals surface area contributed by atoms with Gasteiger partial charge in [-0.25, -0.2) is 5.43 Å². The summed E-state index contributed by atoms with van der Waals surface area (Å²) in [6, 6.07) is 11.5. The van der Waals surface area contributed by atoms with Crippen LogP contribution in [-0.2, 0) is 4.79 Å². The van der Waals surface area contributed by atoms with Crippen LogP contribution in [0, 0.1) is 6.92 Å². The minimum absolute atomic E-state index is 0.139. The maximum absolute atomic E-state index is 11.8. The van der Waals surface area contributed by atoms with Gasteiger partial charge in [0.1, 0.15) is 5.75 Å². The maximum Gasteiger partial charge on any atom is 0.259 e. The Morgan fingerprint density at radius 1 is 1.29 bits per heavy atom. The van der Waals surface area contributed by atoms with Crippen LogP contribution < -0.4 is 15.5 Å². The first-order valence-electron chi connectivity index (χ1n) is 7.15. The van der Waals surface area contributed by atoms with Crippen molar-refractivity contribution in [3.8, 4) is 5.75 Å². The second-order valence-corrected chi connectivity index (χ2v) is 6.80. The molecule has 24 heavy (non-hydrogen) atoms. The van der Waals surface area contributed by atoms with Crippen LogP contribution in [0.2, 0.25) is 0 Å². The van der Waals surface area contributed by atoms with Crippen LogP contribution in [0.25, 0.3) is 0 Å². The molecular weight excluding hydrogens is 438 g/mol. The molecule has 0 spiro atoms. The highest BCUT2D eigenvalue weighted by Crippen LogP contribution is 2.31. The van der Waals surface area contributed by atoms with Gasteiger partial charge < -0.3 is 10.1 Å². The van der Waals surface area contributed by atoms with Crippen LogP contribution in [0.3, 0.4) is 0 Å². The predicted octanol–water partition coefficient (Wildman–Crippen LogP) is 4.09. The topological polar surface area (TPSA) is 62.7 Å². The number of methoxy groups -OCH3 is 1. The number of halogens is 2. The van der Waals surface area contributed by atoms with E-state index in [1.54, 1.807) is 13.3 Å². The molecule has 1 amide bonds. The van der Waals surface area contributed by atoms with Gasteiger partial charge in [-0.1, -0.05) is 28.1 Å². The third-order valence-electron chi connectivity index (χ3n) is 3.11. The molecule has 0 heterocycles. The van der Waals surface area contributed by atoms with E-state index in [1.165, 1.54) is 0 Å². The maximum atomic E-state index is 11.8. The van der Waals surface area contributed by atoms with Crippen molar-refractivity contribution in [1.29, 1.82) is 0 Å². The van der Waals surface area contributed by atoms with Crippen LogP contribution in [0.1, 0.15) is 11.1 Å². The number of benzene rings is 2. The highest BCUT2D eigenvalue weighted by atomic mass is 79.9. The van der Waals surface area contributed by atoms with E-state index in [1.807, 2.05) is 43.3 Å². The van der Waals surface area contributed by atoms with Gasteiger partial charge in [0.25, 0.3) is 5.91 Å². The Balaban J connectivity index is 1.93. The van der Waals surface area contributed by atoms with Gasteiger partial charge in [0.2, 0.25) is 0 Å². The number of carbonyl (C=O) groups is 1. The Labute approximate surface area is 157 Å². The fraction of sp³-hybridized carbons (Fsp3) is 0.176. The molecule has 7 heteroatoms. The van der Waals surface area contributed by atoms with Gasteiger partial charge in [-0.15, -0.1) is 0 Å². The zero-order chi connectivity index (χ0) is 17.5. The molecule has 0 aromatic heterocycles. The predicted molar refractivity (Wildman–Crippen MR) is 104 cm³/mol. The van der Waals surface area contributed by atoms with Gasteiger partial charge in [0.05, 0.1) is 24.3 Å². The summed E-state index contributed by atoms with van der Waals surface area (Å²) >= 11 is 6.83. The molecular formula is C17H17Br2N3O2. The number of aryl methyl sites for hydroxylation is 1. The van der Waals surface area contributed by atoms with E-state index in [2.05, 4.69) is 47.7 Å². The monoisotopic (exact) mass is 453 g/mol. The van der Waals surface area contributed by atoms with Crippen molar-refractivity contribution in [3.63, 3.8) is 0 Å². The fourth-order valence-electron chi connectivity index (χ4n) is 2.04. The Hall–Kier alpha value is -1.86. The summed E-state index contributed by atoms with van der Waals surface area (Å²) in [6.45, 7) is 2.14. The molecule has 2 N–H and O–H groups in total. The van der Waals surface area contributed by atoms with E-state index in [4.69, 9.17) is 4.74 Å². The van der Waals surface area contributed by atoms with Gasteiger partial charge in [-0.3, -0.25) is 4.79 Å². The lowest BCUT2D eigenvalue weighted by atomic mass is 10.2. The first kappa shape index (κ1) is 18.5. The molecule has 2 aromatic rings. The molecule has 2 rings (SSSR count). The second-order valence-electron chi connectivity index (χ2n) is 5.03. The Morgan fingerprint density at radius 2 is 2.08 bits per heavy atom. The molecule has 0 aliphatic heterocycles. The number of hydrogen-bond donors (Lipinski definition) is 2. The smallest absolute Gasteiger partial charge is 0.259 e. The molecule has 0 fully saturated rings. The first-order valence-corrected chi connectivity index (χ1v) is 8.73. The molecule has 0 radical (unpaired) electrons. The van der Waals surface area contributed by atoms with E-state index in [0.29, 0.717) is 5.75 Å². The molecule has 0 saturated carbocycles. The zero-order valence-corrected chi connectivity index (χ0v) is 16.4. The summed E-state index contributed by atoms with van der Waals surface area (Å²) in [7, 11) is 1.58. The highest BCUT2D eigenvalue weighted by Gasteiger charge is 2.07. The van der Waals surface area contributed by atoms with Gasteiger partial charge >= 0.3 is 0 Å². The third-order valence-corrected chi connectivity index (χ3v) is 4.15. The number of anilines is 1. The fourth-order valence-corrected chi connectivity index (χ4v) is 3.46. The number of rotatable bonds is 6. The van der Waals surface area contributed by atoms with Crippen molar-refractivity contribution in [2.75, 3.05) is 19.0 Å². The second kappa shape index (κ2) is 8.84. The Morgan fingerprint density at radius 3 is 2.79 bits per heavy atom. The largest absolute Gasteiger partial charge is 0.495 e. The Kier molecular flexibility index (Phi) is 6.81. The highest BCUT2D eigenvalue weighted by molar-refractivity contribution is 9.11. The quantitative estimate of drug-likeness (QED) is 0.510. The lowest BCUT2D eigenvalue weighted by molar-refractivity contribution is -0.119. The lowest BCUT2D eigenvalue weighted by Crippen LogP contribution is -2.25. The van der Waals surface area contributed by atoms with E-state index < -0.39 is 0 Å². The first-order chi connectivity index (χ1) is 11.5. The summed E-state index contributed by atoms with van der Waals surface area (Å²) in [4.78, 5) is 11.8. The molecule has 0 saturated heterocycles. The number of carbonyl (C=O) groups excluding carboxylic acids is 1. The molecule has 5 nitrogen and oxygen atoms in total. The van der Waals surface area contributed by atoms with E-state index in [0.717, 1.165) is 25.8 Å². The van der Waals surface area contributed by atoms with Crippen LogP contribution in [-0.4, -0.2) is 25.8 Å². The number of hydrogen-bond acceptors (Lipinski definition) is 4. The van der Waals surface area contributed by atoms with Gasteiger partial charge in [0, 0.05) is 15.7 Å². The third kappa shape index (κ3) is 5.35. The minimum Gasteiger partial charge on any atom is -0.495 e. The average molecular weight is 455 g/mol. The van der Waals surface area contributed by atoms with E-state index >= 15 is 0 Å². The van der Waals surface area contributed by atoms with Gasteiger partial charge in [-0.05, 0) is 52.7 Å². The zero-order valence-electron chi connectivity index (χ0n) is 13.3. The summed E-state index contributed by atoms with van der Waals surface area (Å²) in [5.41, 5.74) is 5.25. The minimum atomic E-state index is -0.235. The van der Waals surface area contributed by atoms with E-state index in [9.17, 15) is 4.79 Å². The Bertz CT molecular complexity index is 763. The van der Waals surface area contributed by atoms with Crippen LogP contribution >= 0.6 is 31.9 Å². The van der Waals surface area contributed by atoms with Crippen molar-refractivity contribution in [2.45, 2.75) is 6.92 Å². The molecule has 126 valence electrons. The molecule has 0 atom stereocenters. The van der Waals surface area contributed by atoms with Crippen molar-refractivity contribution < 1.29 is 9.53 Å². The van der Waals surface area contributed by atoms with Crippen molar-refractivity contribution in [2.24, 2.45) is 5.10 Å². The number of nitrogens with zero attached hydrogens (tertiary/aromatic N) is 1. The van der Waals surface area contributed by atoms with Gasteiger partial charge in [0.15, 0.2) is 0 Å². The van der Waals surface area contributed by atoms with Crippen molar-refractivity contribution >= 4 is 49.7 Å². The normalized spacial score (nSPS) is 10.7. The molecule has 0 aliphatic carbocycles. The molecule has 0 bridgehead atoms. The van der Waals surface area contributed by atoms with Crippen molar-refractivity contribution in [1.82, 2.24) is 5.43 Å². The summed E-state index contributed by atoms with van der Waals surface area (Å²) in [6.07, 6.45) is 1.54. The van der Waals surface area contributed by atoms with Gasteiger partial charge in [-0.2, -0.15) is 5.10 Å². The molecule has 2 aromatic carbocycles. The molecule has 0 aliphatic rings. The number of ether oxygens (including phenoxy) is 1. The number of amides is 1. The van der Waals surface area contributed by atoms with Crippen LogP contribution in [0.5, 0.6) is 5.75 Å². The molecule has 0 unspecified atom stereocenters. The standard InChI is InChI=1S/C17H17Br2N3O2/c1-11-4-3-5-14(6-11)20-10-16(23)22-21-9-12-7-13(18)8-15(19)17(12)24-2/h3-9,20H,10H2,1-2H3,(H,22,23)/b21-9+. The summed E-state index contributed by atoms with van der Waals surface area (Å²) in [5.74, 6) is 0.412. The number of nitrogens with one attached hydrogen (secondary N) is 2. The summed E-state index contributed by atoms with van der Waals surface area (Å²) < 4.78 is 7.00. The SMILES string of the molecule is COc1c(Br)cc(Br)cc1/C=N/NC(=O)CNc1cccc(C)c1. The van der Waals surface area contributed by atoms with E-state index in [-0.39, 0.29) is 12.5 Å². The summed E-state index contributed by atoms with van der Waals surface area (Å²) in [5, 5.41) is 7.03. The number of hydrazone groups is 1.